The van der Waals surface area contributed by atoms with Crippen LogP contribution in [0, 0.1) is 0 Å². The molecule has 8 heteroatoms. The Morgan fingerprint density at radius 2 is 2.04 bits per heavy atom. The number of hydrogen-bond acceptors (Lipinski definition) is 5. The predicted molar refractivity (Wildman–Crippen MR) is 89.1 cm³/mol. The molecule has 0 saturated carbocycles. The Bertz CT molecular complexity index is 690. The van der Waals surface area contributed by atoms with Crippen molar-refractivity contribution in [2.75, 3.05) is 6.61 Å². The van der Waals surface area contributed by atoms with Crippen LogP contribution in [0.3, 0.4) is 0 Å². The van der Waals surface area contributed by atoms with Crippen LogP contribution in [0.2, 0.25) is 0 Å². The highest BCUT2D eigenvalue weighted by atomic mass is 16.7. The molecule has 3 rings (SSSR count). The first-order valence-electron chi connectivity index (χ1n) is 8.15. The summed E-state index contributed by atoms with van der Waals surface area (Å²) in [5, 5.41) is 20.1. The Hall–Kier alpha value is -2.45. The molecule has 8 nitrogen and oxygen atoms in total. The van der Waals surface area contributed by atoms with Gasteiger partial charge in [-0.25, -0.2) is 4.79 Å². The highest BCUT2D eigenvalue weighted by Crippen LogP contribution is 2.34. The minimum Gasteiger partial charge on any atom is -0.465 e. The van der Waals surface area contributed by atoms with Crippen LogP contribution in [0.4, 0.5) is 4.79 Å². The topological polar surface area (TPSA) is 98.5 Å². The third kappa shape index (κ3) is 4.34. The van der Waals surface area contributed by atoms with E-state index in [1.807, 2.05) is 44.2 Å². The van der Waals surface area contributed by atoms with Crippen LogP contribution in [0.5, 0.6) is 0 Å². The SMILES string of the molecule is CC1(C)OC[C@H](C(c2ccccc2)[C@H](Cn2nccn2)NC(=O)O)O1. The van der Waals surface area contributed by atoms with Crippen LogP contribution in [-0.2, 0) is 16.0 Å². The molecule has 1 aliphatic heterocycles. The second kappa shape index (κ2) is 7.20. The maximum Gasteiger partial charge on any atom is 0.404 e. The molecule has 134 valence electrons. The summed E-state index contributed by atoms with van der Waals surface area (Å²) in [5.41, 5.74) is 0.972. The minimum atomic E-state index is -1.10. The monoisotopic (exact) mass is 346 g/mol. The third-order valence-electron chi connectivity index (χ3n) is 4.18. The van der Waals surface area contributed by atoms with Gasteiger partial charge in [0.1, 0.15) is 0 Å². The van der Waals surface area contributed by atoms with Crippen LogP contribution in [0.15, 0.2) is 42.7 Å². The zero-order chi connectivity index (χ0) is 17.9. The van der Waals surface area contributed by atoms with Gasteiger partial charge < -0.3 is 19.9 Å². The molecule has 1 unspecified atom stereocenters. The van der Waals surface area contributed by atoms with Crippen LogP contribution < -0.4 is 5.32 Å². The summed E-state index contributed by atoms with van der Waals surface area (Å²) in [6, 6.07) is 9.22. The molecule has 0 aliphatic carbocycles. The fourth-order valence-corrected chi connectivity index (χ4v) is 3.19. The maximum absolute atomic E-state index is 11.4. The molecule has 0 spiro atoms. The van der Waals surface area contributed by atoms with Crippen molar-refractivity contribution in [3.05, 3.63) is 48.3 Å². The number of ether oxygens (including phenoxy) is 2. The minimum absolute atomic E-state index is 0.245. The van der Waals surface area contributed by atoms with Gasteiger partial charge in [0.2, 0.25) is 0 Å². The summed E-state index contributed by atoms with van der Waals surface area (Å²) in [5.74, 6) is -0.944. The average molecular weight is 346 g/mol. The van der Waals surface area contributed by atoms with E-state index in [0.29, 0.717) is 13.2 Å². The fraction of sp³-hybridized carbons (Fsp3) is 0.471. The summed E-state index contributed by atoms with van der Waals surface area (Å²) in [6.07, 6.45) is 1.74. The van der Waals surface area contributed by atoms with Crippen LogP contribution >= 0.6 is 0 Å². The number of nitrogens with one attached hydrogen (secondary N) is 1. The molecule has 2 N–H and O–H groups in total. The van der Waals surface area contributed by atoms with Gasteiger partial charge in [-0.15, -0.1) is 0 Å². The Morgan fingerprint density at radius 1 is 1.36 bits per heavy atom. The molecule has 1 aliphatic rings. The first-order chi connectivity index (χ1) is 11.9. The maximum atomic E-state index is 11.4. The van der Waals surface area contributed by atoms with Gasteiger partial charge in [-0.1, -0.05) is 30.3 Å². The van der Waals surface area contributed by atoms with E-state index in [9.17, 15) is 9.90 Å². The number of amides is 1. The highest BCUT2D eigenvalue weighted by Gasteiger charge is 2.42. The standard InChI is InChI=1S/C17H22N4O4/c1-17(2)24-11-14(25-17)15(12-6-4-3-5-7-12)13(20-16(22)23)10-21-18-8-9-19-21/h3-9,13-15,20H,10-11H2,1-2H3,(H,22,23)/t13-,14+,15?/m0/s1. The molecule has 3 atom stereocenters. The average Bonchev–Trinajstić information content (AvgIpc) is 3.18. The van der Waals surface area contributed by atoms with Gasteiger partial charge in [0.15, 0.2) is 5.79 Å². The number of rotatable bonds is 6. The number of aromatic nitrogens is 3. The summed E-state index contributed by atoms with van der Waals surface area (Å²) >= 11 is 0. The van der Waals surface area contributed by atoms with Gasteiger partial charge >= 0.3 is 6.09 Å². The molecule has 0 bridgehead atoms. The number of benzene rings is 1. The van der Waals surface area contributed by atoms with Crippen molar-refractivity contribution in [1.29, 1.82) is 0 Å². The molecule has 1 amide bonds. The molecular weight excluding hydrogens is 324 g/mol. The fourth-order valence-electron chi connectivity index (χ4n) is 3.19. The largest absolute Gasteiger partial charge is 0.465 e. The van der Waals surface area contributed by atoms with Crippen molar-refractivity contribution in [3.8, 4) is 0 Å². The molecule has 2 heterocycles. The number of carboxylic acid groups (broad SMARTS) is 1. The van der Waals surface area contributed by atoms with E-state index >= 15 is 0 Å². The van der Waals surface area contributed by atoms with Gasteiger partial charge in [0.25, 0.3) is 0 Å². The Morgan fingerprint density at radius 3 is 2.60 bits per heavy atom. The van der Waals surface area contributed by atoms with Crippen LogP contribution in [0.1, 0.15) is 25.3 Å². The lowest BCUT2D eigenvalue weighted by Gasteiger charge is -2.31. The van der Waals surface area contributed by atoms with E-state index < -0.39 is 17.9 Å². The van der Waals surface area contributed by atoms with Crippen LogP contribution in [-0.4, -0.2) is 50.7 Å². The van der Waals surface area contributed by atoms with Gasteiger partial charge in [0, 0.05) is 5.92 Å². The Balaban J connectivity index is 1.93. The van der Waals surface area contributed by atoms with Gasteiger partial charge in [0.05, 0.1) is 37.7 Å². The summed E-state index contributed by atoms with van der Waals surface area (Å²) in [7, 11) is 0. The zero-order valence-corrected chi connectivity index (χ0v) is 14.2. The second-order valence-electron chi connectivity index (χ2n) is 6.44. The lowest BCUT2D eigenvalue weighted by molar-refractivity contribution is -0.141. The van der Waals surface area contributed by atoms with Crippen molar-refractivity contribution < 1.29 is 19.4 Å². The lowest BCUT2D eigenvalue weighted by Crippen LogP contribution is -2.46. The van der Waals surface area contributed by atoms with Gasteiger partial charge in [-0.05, 0) is 19.4 Å². The summed E-state index contributed by atoms with van der Waals surface area (Å²) in [4.78, 5) is 12.9. The lowest BCUT2D eigenvalue weighted by atomic mass is 9.86. The van der Waals surface area contributed by atoms with E-state index in [1.165, 1.54) is 4.80 Å². The third-order valence-corrected chi connectivity index (χ3v) is 4.18. The summed E-state index contributed by atoms with van der Waals surface area (Å²) in [6.45, 7) is 4.38. The van der Waals surface area contributed by atoms with Crippen molar-refractivity contribution in [2.45, 2.75) is 44.2 Å². The molecule has 25 heavy (non-hydrogen) atoms. The molecule has 1 fully saturated rings. The molecule has 1 aromatic heterocycles. The molecule has 0 radical (unpaired) electrons. The van der Waals surface area contributed by atoms with Gasteiger partial charge in [-0.3, -0.25) is 0 Å². The summed E-state index contributed by atoms with van der Waals surface area (Å²) < 4.78 is 11.8. The van der Waals surface area contributed by atoms with Gasteiger partial charge in [-0.2, -0.15) is 15.0 Å². The Kier molecular flexibility index (Phi) is 5.00. The highest BCUT2D eigenvalue weighted by molar-refractivity contribution is 5.65. The number of carbonyl (C=O) groups is 1. The smallest absolute Gasteiger partial charge is 0.404 e. The van der Waals surface area contributed by atoms with Crippen molar-refractivity contribution in [3.63, 3.8) is 0 Å². The second-order valence-corrected chi connectivity index (χ2v) is 6.44. The Labute approximate surface area is 145 Å². The number of hydrogen-bond donors (Lipinski definition) is 2. The molecule has 1 saturated heterocycles. The van der Waals surface area contributed by atoms with E-state index in [1.54, 1.807) is 12.4 Å². The van der Waals surface area contributed by atoms with E-state index in [0.717, 1.165) is 5.56 Å². The molecule has 1 aromatic carbocycles. The predicted octanol–water partition coefficient (Wildman–Crippen LogP) is 1.85. The van der Waals surface area contributed by atoms with E-state index in [-0.39, 0.29) is 12.0 Å². The van der Waals surface area contributed by atoms with E-state index in [4.69, 9.17) is 9.47 Å². The van der Waals surface area contributed by atoms with Crippen LogP contribution in [0.25, 0.3) is 0 Å². The number of nitrogens with zero attached hydrogens (tertiary/aromatic N) is 3. The first kappa shape index (κ1) is 17.4. The normalized spacial score (nSPS) is 21.6. The first-order valence-corrected chi connectivity index (χ1v) is 8.15. The van der Waals surface area contributed by atoms with Crippen molar-refractivity contribution in [1.82, 2.24) is 20.3 Å². The quantitative estimate of drug-likeness (QED) is 0.828. The van der Waals surface area contributed by atoms with E-state index in [2.05, 4.69) is 15.5 Å². The van der Waals surface area contributed by atoms with Crippen molar-refractivity contribution in [2.24, 2.45) is 0 Å². The van der Waals surface area contributed by atoms with Crippen molar-refractivity contribution >= 4 is 6.09 Å². The zero-order valence-electron chi connectivity index (χ0n) is 14.2. The molecule has 2 aromatic rings. The molecular formula is C17H22N4O4.